The average molecular weight is 244 g/mol. The first-order valence-corrected chi connectivity index (χ1v) is 5.62. The highest BCUT2D eigenvalue weighted by molar-refractivity contribution is 5.62. The fourth-order valence-electron chi connectivity index (χ4n) is 1.89. The lowest BCUT2D eigenvalue weighted by molar-refractivity contribution is 1.11. The summed E-state index contributed by atoms with van der Waals surface area (Å²) in [6.45, 7) is -0.243. The summed E-state index contributed by atoms with van der Waals surface area (Å²) in [6, 6.07) is 9.64. The summed E-state index contributed by atoms with van der Waals surface area (Å²) in [7, 11) is 0. The molecule has 0 aliphatic heterocycles. The third-order valence-electron chi connectivity index (χ3n) is 2.77. The minimum Gasteiger partial charge on any atom is -0.373 e. The van der Waals surface area contributed by atoms with E-state index in [1.165, 1.54) is 0 Å². The summed E-state index contributed by atoms with van der Waals surface area (Å²) in [6.07, 6.45) is 3.61. The molecule has 0 fully saturated rings. The van der Waals surface area contributed by atoms with Crippen molar-refractivity contribution in [2.24, 2.45) is 0 Å². The topological polar surface area (TPSA) is 42.2 Å². The van der Waals surface area contributed by atoms with Crippen molar-refractivity contribution in [1.29, 1.82) is 0 Å². The number of aryl methyl sites for hydroxylation is 1. The fourth-order valence-corrected chi connectivity index (χ4v) is 1.89. The normalized spacial score (nSPS) is 13.9. The van der Waals surface area contributed by atoms with Crippen molar-refractivity contribution < 1.29 is 4.11 Å². The van der Waals surface area contributed by atoms with Gasteiger partial charge in [0.05, 0.1) is 5.69 Å². The van der Waals surface area contributed by atoms with Crippen molar-refractivity contribution in [3.05, 3.63) is 48.3 Å². The molecule has 2 aromatic heterocycles. The first-order valence-electron chi connectivity index (χ1n) is 7.12. The second kappa shape index (κ2) is 4.14. The lowest BCUT2D eigenvalue weighted by atomic mass is 10.1. The predicted molar refractivity (Wildman–Crippen MR) is 72.7 cm³/mol. The van der Waals surface area contributed by atoms with Gasteiger partial charge in [-0.3, -0.25) is 4.40 Å². The largest absolute Gasteiger partial charge is 0.373 e. The molecule has 90 valence electrons. The van der Waals surface area contributed by atoms with Crippen LogP contribution in [0.1, 0.15) is 9.68 Å². The number of imidazole rings is 1. The third-order valence-corrected chi connectivity index (χ3v) is 2.77. The van der Waals surface area contributed by atoms with Crippen LogP contribution in [0.25, 0.3) is 17.0 Å². The van der Waals surface area contributed by atoms with E-state index in [4.69, 9.17) is 4.11 Å². The number of nitrogens with one attached hydrogen (secondary N) is 1. The van der Waals surface area contributed by atoms with Gasteiger partial charge in [0.1, 0.15) is 5.82 Å². The predicted octanol–water partition coefficient (Wildman–Crippen LogP) is 2.75. The number of benzene rings is 1. The van der Waals surface area contributed by atoms with Crippen molar-refractivity contribution in [2.75, 3.05) is 12.3 Å². The minimum absolute atomic E-state index is 0.281. The van der Waals surface area contributed by atoms with Gasteiger partial charge in [-0.15, -0.1) is 0 Å². The lowest BCUT2D eigenvalue weighted by Crippen LogP contribution is -1.94. The van der Waals surface area contributed by atoms with Gasteiger partial charge in [0.25, 0.3) is 0 Å². The number of anilines is 1. The Morgan fingerprint density at radius 1 is 1.28 bits per heavy atom. The van der Waals surface area contributed by atoms with E-state index in [9.17, 15) is 0 Å². The molecule has 0 atom stereocenters. The molecule has 1 aromatic carbocycles. The van der Waals surface area contributed by atoms with Crippen LogP contribution in [0.15, 0.2) is 42.7 Å². The Balaban J connectivity index is 2.00. The number of fused-ring (bicyclic) bond motifs is 1. The zero-order chi connectivity index (χ0) is 15.0. The third kappa shape index (κ3) is 1.82. The fraction of sp³-hybridized carbons (Fsp3) is 0.143. The molecule has 0 aliphatic carbocycles. The zero-order valence-electron chi connectivity index (χ0n) is 12.9. The molecule has 0 saturated carbocycles. The van der Waals surface area contributed by atoms with Gasteiger partial charge in [0, 0.05) is 29.0 Å². The Labute approximate surface area is 110 Å². The molecule has 2 heterocycles. The maximum absolute atomic E-state index is 7.20. The summed E-state index contributed by atoms with van der Waals surface area (Å²) in [5.41, 5.74) is 2.96. The molecule has 0 radical (unpaired) electrons. The first kappa shape index (κ1) is 7.87. The van der Waals surface area contributed by atoms with E-state index in [2.05, 4.69) is 15.3 Å². The highest BCUT2D eigenvalue weighted by atomic mass is 15.1. The van der Waals surface area contributed by atoms with E-state index in [0.717, 1.165) is 16.8 Å². The molecule has 0 spiro atoms. The van der Waals surface area contributed by atoms with Crippen LogP contribution in [0.3, 0.4) is 0 Å². The van der Waals surface area contributed by atoms with Crippen molar-refractivity contribution in [3.63, 3.8) is 0 Å². The Morgan fingerprint density at radius 2 is 2.22 bits per heavy atom. The molecule has 3 rings (SSSR count). The molecule has 0 saturated heterocycles. The van der Waals surface area contributed by atoms with E-state index in [1.54, 1.807) is 16.7 Å². The number of aromatic nitrogens is 3. The molecule has 0 bridgehead atoms. The van der Waals surface area contributed by atoms with E-state index in [0.29, 0.717) is 5.78 Å². The van der Waals surface area contributed by atoms with Crippen LogP contribution >= 0.6 is 0 Å². The number of nitrogens with zero attached hydrogens (tertiary/aromatic N) is 3. The highest BCUT2D eigenvalue weighted by Gasteiger charge is 2.05. The Morgan fingerprint density at radius 3 is 3.06 bits per heavy atom. The summed E-state index contributed by atoms with van der Waals surface area (Å²) in [5, 5.41) is 2.37. The molecule has 0 unspecified atom stereocenters. The average Bonchev–Trinajstić information content (AvgIpc) is 2.80. The second-order valence-corrected chi connectivity index (χ2v) is 4.14. The second-order valence-electron chi connectivity index (χ2n) is 4.14. The van der Waals surface area contributed by atoms with Crippen LogP contribution in [0.4, 0.5) is 5.82 Å². The highest BCUT2D eigenvalue weighted by Crippen LogP contribution is 2.20. The molecular formula is C14H14N4. The van der Waals surface area contributed by atoms with Crippen molar-refractivity contribution in [1.82, 2.24) is 14.4 Å². The molecular weight excluding hydrogens is 224 g/mol. The van der Waals surface area contributed by atoms with Crippen LogP contribution in [0.5, 0.6) is 0 Å². The molecule has 4 heteroatoms. The van der Waals surface area contributed by atoms with Crippen LogP contribution < -0.4 is 5.32 Å². The monoisotopic (exact) mass is 244 g/mol. The van der Waals surface area contributed by atoms with E-state index in [1.807, 2.05) is 37.4 Å². The minimum atomic E-state index is -2.27. The summed E-state index contributed by atoms with van der Waals surface area (Å²) in [4.78, 5) is 8.65. The quantitative estimate of drug-likeness (QED) is 0.753. The lowest BCUT2D eigenvalue weighted by Gasteiger charge is -1.97. The molecule has 0 aliphatic rings. The van der Waals surface area contributed by atoms with Crippen LogP contribution in [0, 0.1) is 6.92 Å². The zero-order valence-corrected chi connectivity index (χ0v) is 9.88. The van der Waals surface area contributed by atoms with Crippen molar-refractivity contribution in [2.45, 2.75) is 6.92 Å². The molecule has 1 N–H and O–H groups in total. The maximum Gasteiger partial charge on any atom is 0.236 e. The Kier molecular flexibility index (Phi) is 1.81. The van der Waals surface area contributed by atoms with E-state index < -0.39 is 6.98 Å². The van der Waals surface area contributed by atoms with E-state index in [-0.39, 0.29) is 5.82 Å². The van der Waals surface area contributed by atoms with Gasteiger partial charge in [-0.2, -0.15) is 4.98 Å². The van der Waals surface area contributed by atoms with Gasteiger partial charge < -0.3 is 5.32 Å². The first-order chi connectivity index (χ1) is 9.90. The molecule has 3 aromatic rings. The van der Waals surface area contributed by atoms with Crippen molar-refractivity contribution >= 4 is 11.6 Å². The Hall–Kier alpha value is -2.36. The molecule has 0 amide bonds. The van der Waals surface area contributed by atoms with Crippen molar-refractivity contribution in [3.8, 4) is 11.3 Å². The van der Waals surface area contributed by atoms with Gasteiger partial charge in [-0.25, -0.2) is 4.98 Å². The van der Waals surface area contributed by atoms with Gasteiger partial charge >= 0.3 is 0 Å². The van der Waals surface area contributed by atoms with E-state index >= 15 is 0 Å². The molecule has 4 nitrogen and oxygen atoms in total. The van der Waals surface area contributed by atoms with Gasteiger partial charge in [-0.05, 0) is 19.1 Å². The van der Waals surface area contributed by atoms with Crippen LogP contribution in [-0.4, -0.2) is 21.3 Å². The number of hydrogen-bond donors (Lipinski definition) is 1. The molecule has 18 heavy (non-hydrogen) atoms. The summed E-state index contributed by atoms with van der Waals surface area (Å²) < 4.78 is 23.4. The number of rotatable bonds is 2. The van der Waals surface area contributed by atoms with Crippen LogP contribution in [0.2, 0.25) is 0 Å². The van der Waals surface area contributed by atoms with Gasteiger partial charge in [-0.1, -0.05) is 23.8 Å². The number of hydrogen-bond acceptors (Lipinski definition) is 3. The van der Waals surface area contributed by atoms with Gasteiger partial charge in [0.2, 0.25) is 5.78 Å². The summed E-state index contributed by atoms with van der Waals surface area (Å²) >= 11 is 0. The SMILES string of the molecule is [3H]C([3H])([3H])Nc1ccn2cc(-c3cccc(C)c3)nc2n1. The summed E-state index contributed by atoms with van der Waals surface area (Å²) in [5.74, 6) is 0.740. The Bertz CT molecular complexity index is 792. The maximum atomic E-state index is 7.20. The standard InChI is InChI=1S/C14H14N4/c1-10-4-3-5-11(8-10)12-9-18-7-6-13(15-2)17-14(18)16-12/h3-9H,1-2H3,(H,15,16,17)/i2T3. The smallest absolute Gasteiger partial charge is 0.236 e. The van der Waals surface area contributed by atoms with Crippen LogP contribution in [-0.2, 0) is 0 Å². The van der Waals surface area contributed by atoms with Gasteiger partial charge in [0.15, 0.2) is 0 Å².